The van der Waals surface area contributed by atoms with Gasteiger partial charge < -0.3 is 15.8 Å². The summed E-state index contributed by atoms with van der Waals surface area (Å²) in [5, 5.41) is 2.66. The molecule has 0 aromatic rings. The molecule has 1 fully saturated rings. The van der Waals surface area contributed by atoms with Crippen LogP contribution in [0.4, 0.5) is 0 Å². The summed E-state index contributed by atoms with van der Waals surface area (Å²) < 4.78 is 29.8. The number of amides is 1. The molecule has 0 bridgehead atoms. The van der Waals surface area contributed by atoms with Gasteiger partial charge in [-0.25, -0.2) is 13.1 Å². The Kier molecular flexibility index (Phi) is 4.37. The molecule has 1 saturated heterocycles. The van der Waals surface area contributed by atoms with Gasteiger partial charge in [-0.2, -0.15) is 0 Å². The highest BCUT2D eigenvalue weighted by Gasteiger charge is 2.38. The van der Waals surface area contributed by atoms with Gasteiger partial charge in [0.25, 0.3) is 0 Å². The van der Waals surface area contributed by atoms with E-state index in [9.17, 15) is 13.2 Å². The minimum atomic E-state index is -3.32. The summed E-state index contributed by atoms with van der Waals surface area (Å²) in [6, 6.07) is 0. The third-order valence-corrected chi connectivity index (χ3v) is 3.58. The van der Waals surface area contributed by atoms with Gasteiger partial charge in [0.05, 0.1) is 12.9 Å². The molecule has 1 rings (SSSR count). The highest BCUT2D eigenvalue weighted by Crippen LogP contribution is 2.15. The van der Waals surface area contributed by atoms with Crippen molar-refractivity contribution in [3.8, 4) is 0 Å². The predicted molar refractivity (Wildman–Crippen MR) is 67.4 cm³/mol. The van der Waals surface area contributed by atoms with Crippen LogP contribution in [-0.4, -0.2) is 51.4 Å². The quantitative estimate of drug-likeness (QED) is 0.570. The second-order valence-corrected chi connectivity index (χ2v) is 7.15. The molecule has 18 heavy (non-hydrogen) atoms. The van der Waals surface area contributed by atoms with Crippen molar-refractivity contribution in [2.24, 2.45) is 5.73 Å². The maximum Gasteiger partial charge on any atom is 0.242 e. The molecule has 106 valence electrons. The minimum Gasteiger partial charge on any atom is -0.379 e. The van der Waals surface area contributed by atoms with Gasteiger partial charge in [0.2, 0.25) is 15.9 Å². The predicted octanol–water partition coefficient (Wildman–Crippen LogP) is -1.45. The second kappa shape index (κ2) is 5.12. The zero-order chi connectivity index (χ0) is 14.0. The van der Waals surface area contributed by atoms with E-state index in [2.05, 4.69) is 10.0 Å². The molecule has 0 aromatic carbocycles. The van der Waals surface area contributed by atoms with E-state index in [1.54, 1.807) is 13.8 Å². The Hall–Kier alpha value is -0.700. The Morgan fingerprint density at radius 3 is 2.56 bits per heavy atom. The van der Waals surface area contributed by atoms with Crippen molar-refractivity contribution >= 4 is 15.9 Å². The standard InChI is InChI=1S/C10H21N3O4S/c1-9(2,13-18(3,15)16)6-12-8(14)10(11)4-5-17-7-10/h13H,4-7,11H2,1-3H3,(H,12,14). The van der Waals surface area contributed by atoms with Crippen LogP contribution in [0.3, 0.4) is 0 Å². The van der Waals surface area contributed by atoms with E-state index in [4.69, 9.17) is 10.5 Å². The van der Waals surface area contributed by atoms with Crippen molar-refractivity contribution in [1.29, 1.82) is 0 Å². The van der Waals surface area contributed by atoms with Crippen LogP contribution in [0.5, 0.6) is 0 Å². The molecule has 1 amide bonds. The van der Waals surface area contributed by atoms with E-state index in [0.717, 1.165) is 6.26 Å². The summed E-state index contributed by atoms with van der Waals surface area (Å²) in [5.74, 6) is -0.316. The van der Waals surface area contributed by atoms with Crippen molar-refractivity contribution in [2.45, 2.75) is 31.3 Å². The minimum absolute atomic E-state index is 0.165. The highest BCUT2D eigenvalue weighted by atomic mass is 32.2. The Morgan fingerprint density at radius 1 is 1.50 bits per heavy atom. The van der Waals surface area contributed by atoms with E-state index in [1.165, 1.54) is 0 Å². The largest absolute Gasteiger partial charge is 0.379 e. The van der Waals surface area contributed by atoms with Crippen LogP contribution in [-0.2, 0) is 19.6 Å². The normalized spacial score (nSPS) is 25.1. The zero-order valence-corrected chi connectivity index (χ0v) is 11.8. The molecule has 0 aliphatic carbocycles. The van der Waals surface area contributed by atoms with Gasteiger partial charge in [0.15, 0.2) is 0 Å². The molecule has 8 heteroatoms. The van der Waals surface area contributed by atoms with Crippen molar-refractivity contribution in [3.63, 3.8) is 0 Å². The van der Waals surface area contributed by atoms with E-state index in [1.807, 2.05) is 0 Å². The van der Waals surface area contributed by atoms with Crippen LogP contribution in [0.15, 0.2) is 0 Å². The number of ether oxygens (including phenoxy) is 1. The lowest BCUT2D eigenvalue weighted by Crippen LogP contribution is -2.58. The van der Waals surface area contributed by atoms with Crippen LogP contribution in [0.2, 0.25) is 0 Å². The van der Waals surface area contributed by atoms with Gasteiger partial charge in [-0.1, -0.05) is 0 Å². The Morgan fingerprint density at radius 2 is 2.11 bits per heavy atom. The first-order valence-corrected chi connectivity index (χ1v) is 7.57. The average molecular weight is 279 g/mol. The van der Waals surface area contributed by atoms with E-state index < -0.39 is 21.1 Å². The van der Waals surface area contributed by atoms with E-state index in [-0.39, 0.29) is 19.1 Å². The molecule has 0 aromatic heterocycles. The molecule has 0 radical (unpaired) electrons. The maximum absolute atomic E-state index is 11.9. The first kappa shape index (κ1) is 15.4. The summed E-state index contributed by atoms with van der Waals surface area (Å²) in [5.41, 5.74) is 4.12. The number of nitrogens with two attached hydrogens (primary N) is 1. The summed E-state index contributed by atoms with van der Waals surface area (Å²) in [4.78, 5) is 11.9. The SMILES string of the molecule is CC(C)(CNC(=O)C1(N)CCOC1)NS(C)(=O)=O. The zero-order valence-electron chi connectivity index (χ0n) is 10.9. The summed E-state index contributed by atoms with van der Waals surface area (Å²) >= 11 is 0. The van der Waals surface area contributed by atoms with Crippen molar-refractivity contribution in [1.82, 2.24) is 10.0 Å². The van der Waals surface area contributed by atoms with Crippen LogP contribution in [0.1, 0.15) is 20.3 Å². The fraction of sp³-hybridized carbons (Fsp3) is 0.900. The number of hydrogen-bond donors (Lipinski definition) is 3. The molecule has 0 saturated carbocycles. The summed E-state index contributed by atoms with van der Waals surface area (Å²) in [6.07, 6.45) is 1.55. The lowest BCUT2D eigenvalue weighted by molar-refractivity contribution is -0.126. The monoisotopic (exact) mass is 279 g/mol. The molecule has 1 atom stereocenters. The lowest BCUT2D eigenvalue weighted by atomic mass is 9.98. The Balaban J connectivity index is 2.52. The van der Waals surface area contributed by atoms with Crippen LogP contribution < -0.4 is 15.8 Å². The number of hydrogen-bond acceptors (Lipinski definition) is 5. The highest BCUT2D eigenvalue weighted by molar-refractivity contribution is 7.88. The Bertz CT molecular complexity index is 413. The molecule has 0 spiro atoms. The van der Waals surface area contributed by atoms with E-state index >= 15 is 0 Å². The van der Waals surface area contributed by atoms with Gasteiger partial charge in [0.1, 0.15) is 5.54 Å². The molecule has 7 nitrogen and oxygen atoms in total. The third kappa shape index (κ3) is 4.52. The number of sulfonamides is 1. The molecule has 4 N–H and O–H groups in total. The topological polar surface area (TPSA) is 111 Å². The molecule has 1 unspecified atom stereocenters. The van der Waals surface area contributed by atoms with Gasteiger partial charge in [-0.3, -0.25) is 4.79 Å². The number of carbonyl (C=O) groups excluding carboxylic acids is 1. The van der Waals surface area contributed by atoms with Crippen molar-refractivity contribution in [2.75, 3.05) is 26.0 Å². The number of rotatable bonds is 5. The third-order valence-electron chi connectivity index (χ3n) is 2.66. The van der Waals surface area contributed by atoms with Crippen molar-refractivity contribution < 1.29 is 17.9 Å². The second-order valence-electron chi connectivity index (χ2n) is 5.40. The Labute approximate surface area is 107 Å². The van der Waals surface area contributed by atoms with Crippen LogP contribution >= 0.6 is 0 Å². The summed E-state index contributed by atoms with van der Waals surface area (Å²) in [6.45, 7) is 4.19. The van der Waals surface area contributed by atoms with Crippen molar-refractivity contribution in [3.05, 3.63) is 0 Å². The number of nitrogens with one attached hydrogen (secondary N) is 2. The van der Waals surface area contributed by atoms with Crippen LogP contribution in [0, 0.1) is 0 Å². The molecule has 1 aliphatic rings. The fourth-order valence-electron chi connectivity index (χ4n) is 1.78. The lowest BCUT2D eigenvalue weighted by Gasteiger charge is -2.28. The number of carbonyl (C=O) groups is 1. The maximum atomic E-state index is 11.9. The van der Waals surface area contributed by atoms with Gasteiger partial charge >= 0.3 is 0 Å². The van der Waals surface area contributed by atoms with Gasteiger partial charge in [0, 0.05) is 18.7 Å². The molecular formula is C10H21N3O4S. The van der Waals surface area contributed by atoms with Crippen LogP contribution in [0.25, 0.3) is 0 Å². The van der Waals surface area contributed by atoms with Gasteiger partial charge in [-0.05, 0) is 20.3 Å². The molecule has 1 aliphatic heterocycles. The first-order valence-electron chi connectivity index (χ1n) is 5.68. The summed E-state index contributed by atoms with van der Waals surface area (Å²) in [7, 11) is -3.32. The first-order chi connectivity index (χ1) is 8.04. The van der Waals surface area contributed by atoms with Gasteiger partial charge in [-0.15, -0.1) is 0 Å². The average Bonchev–Trinajstić information content (AvgIpc) is 2.59. The fourth-order valence-corrected chi connectivity index (χ4v) is 2.85. The molecule has 1 heterocycles. The van der Waals surface area contributed by atoms with E-state index in [0.29, 0.717) is 13.0 Å². The molecular weight excluding hydrogens is 258 g/mol. The smallest absolute Gasteiger partial charge is 0.242 e.